The van der Waals surface area contributed by atoms with E-state index in [-0.39, 0.29) is 30.3 Å². The molecule has 2 atom stereocenters. The van der Waals surface area contributed by atoms with Crippen LogP contribution in [-0.2, 0) is 4.79 Å². The molecule has 1 aliphatic rings. The van der Waals surface area contributed by atoms with Gasteiger partial charge in [0.25, 0.3) is 0 Å². The van der Waals surface area contributed by atoms with Gasteiger partial charge in [-0.3, -0.25) is 4.79 Å². The van der Waals surface area contributed by atoms with E-state index < -0.39 is 0 Å². The monoisotopic (exact) mass is 314 g/mol. The van der Waals surface area contributed by atoms with E-state index in [1.807, 2.05) is 31.2 Å². The van der Waals surface area contributed by atoms with E-state index in [1.165, 1.54) is 0 Å². The number of halogens is 1. The Morgan fingerprint density at radius 1 is 1.48 bits per heavy atom. The summed E-state index contributed by atoms with van der Waals surface area (Å²) in [7, 11) is 1.62. The molecule has 2 unspecified atom stereocenters. The highest BCUT2D eigenvalue weighted by Gasteiger charge is 2.22. The first-order valence-corrected chi connectivity index (χ1v) is 6.98. The van der Waals surface area contributed by atoms with Crippen molar-refractivity contribution in [1.29, 1.82) is 0 Å². The van der Waals surface area contributed by atoms with E-state index in [0.29, 0.717) is 6.54 Å². The van der Waals surface area contributed by atoms with Crippen LogP contribution in [0.25, 0.3) is 0 Å². The summed E-state index contributed by atoms with van der Waals surface area (Å²) >= 11 is 0. The molecule has 118 valence electrons. The molecule has 21 heavy (non-hydrogen) atoms. The minimum atomic E-state index is -0.0829. The summed E-state index contributed by atoms with van der Waals surface area (Å²) in [6.45, 7) is 4.14. The molecule has 0 radical (unpaired) electrons. The lowest BCUT2D eigenvalue weighted by Crippen LogP contribution is -2.38. The average Bonchev–Trinajstić information content (AvgIpc) is 2.99. The van der Waals surface area contributed by atoms with Gasteiger partial charge in [-0.05, 0) is 32.0 Å². The third-order valence-corrected chi connectivity index (χ3v) is 3.37. The normalized spacial score (nSPS) is 18.5. The standard InChI is InChI=1S/C15H22N2O3.ClH/c1-11(9-17-15(18)12-6-7-16-10-12)20-14-5-3-4-13(8-14)19-2;/h3-5,8,11-12,16H,6-7,9-10H2,1-2H3,(H,17,18);1H. The Balaban J connectivity index is 0.00000220. The second kappa shape index (κ2) is 8.74. The van der Waals surface area contributed by atoms with E-state index >= 15 is 0 Å². The van der Waals surface area contributed by atoms with Gasteiger partial charge in [-0.25, -0.2) is 0 Å². The number of benzene rings is 1. The molecule has 6 heteroatoms. The number of methoxy groups -OCH3 is 1. The van der Waals surface area contributed by atoms with E-state index in [9.17, 15) is 4.79 Å². The molecule has 0 bridgehead atoms. The molecule has 1 amide bonds. The van der Waals surface area contributed by atoms with Crippen LogP contribution in [0.2, 0.25) is 0 Å². The molecule has 2 N–H and O–H groups in total. The van der Waals surface area contributed by atoms with Gasteiger partial charge in [-0.15, -0.1) is 12.4 Å². The van der Waals surface area contributed by atoms with Crippen molar-refractivity contribution in [3.63, 3.8) is 0 Å². The topological polar surface area (TPSA) is 59.6 Å². The Kier molecular flexibility index (Phi) is 7.32. The predicted octanol–water partition coefficient (Wildman–Crippen LogP) is 1.61. The number of ether oxygens (including phenoxy) is 2. The van der Waals surface area contributed by atoms with Crippen molar-refractivity contribution in [3.8, 4) is 11.5 Å². The number of amides is 1. The number of carbonyl (C=O) groups is 1. The lowest BCUT2D eigenvalue weighted by atomic mass is 10.1. The van der Waals surface area contributed by atoms with Gasteiger partial charge >= 0.3 is 0 Å². The smallest absolute Gasteiger partial charge is 0.224 e. The summed E-state index contributed by atoms with van der Waals surface area (Å²) in [5.41, 5.74) is 0. The van der Waals surface area contributed by atoms with Crippen molar-refractivity contribution < 1.29 is 14.3 Å². The van der Waals surface area contributed by atoms with Crippen LogP contribution in [0.1, 0.15) is 13.3 Å². The van der Waals surface area contributed by atoms with Crippen LogP contribution >= 0.6 is 12.4 Å². The largest absolute Gasteiger partial charge is 0.497 e. The fourth-order valence-electron chi connectivity index (χ4n) is 2.22. The maximum Gasteiger partial charge on any atom is 0.224 e. The van der Waals surface area contributed by atoms with Gasteiger partial charge in [0.1, 0.15) is 17.6 Å². The molecule has 0 spiro atoms. The maximum absolute atomic E-state index is 11.9. The van der Waals surface area contributed by atoms with Crippen molar-refractivity contribution in [1.82, 2.24) is 10.6 Å². The Bertz CT molecular complexity index is 450. The van der Waals surface area contributed by atoms with Crippen molar-refractivity contribution in [2.45, 2.75) is 19.4 Å². The highest BCUT2D eigenvalue weighted by atomic mass is 35.5. The Hall–Kier alpha value is -1.46. The Morgan fingerprint density at radius 2 is 2.24 bits per heavy atom. The fraction of sp³-hybridized carbons (Fsp3) is 0.533. The predicted molar refractivity (Wildman–Crippen MR) is 84.3 cm³/mol. The van der Waals surface area contributed by atoms with Gasteiger partial charge in [0, 0.05) is 12.6 Å². The molecule has 0 aliphatic carbocycles. The molecule has 1 aliphatic heterocycles. The zero-order chi connectivity index (χ0) is 14.4. The minimum Gasteiger partial charge on any atom is -0.497 e. The second-order valence-electron chi connectivity index (χ2n) is 5.04. The van der Waals surface area contributed by atoms with E-state index in [0.717, 1.165) is 31.0 Å². The fourth-order valence-corrected chi connectivity index (χ4v) is 2.22. The third-order valence-electron chi connectivity index (χ3n) is 3.37. The van der Waals surface area contributed by atoms with Gasteiger partial charge < -0.3 is 20.1 Å². The van der Waals surface area contributed by atoms with Crippen LogP contribution in [0.15, 0.2) is 24.3 Å². The Labute approximate surface area is 131 Å². The van der Waals surface area contributed by atoms with Crippen LogP contribution in [0.3, 0.4) is 0 Å². The van der Waals surface area contributed by atoms with Gasteiger partial charge in [0.15, 0.2) is 0 Å². The molecule has 1 saturated heterocycles. The number of rotatable bonds is 6. The molecular formula is C15H23ClN2O3. The number of nitrogens with one attached hydrogen (secondary N) is 2. The summed E-state index contributed by atoms with van der Waals surface area (Å²) in [6.07, 6.45) is 0.831. The van der Waals surface area contributed by atoms with Crippen LogP contribution in [0.5, 0.6) is 11.5 Å². The van der Waals surface area contributed by atoms with Gasteiger partial charge in [-0.2, -0.15) is 0 Å². The summed E-state index contributed by atoms with van der Waals surface area (Å²) in [4.78, 5) is 11.9. The quantitative estimate of drug-likeness (QED) is 0.837. The summed E-state index contributed by atoms with van der Waals surface area (Å²) in [6, 6.07) is 7.46. The first-order chi connectivity index (χ1) is 9.69. The van der Waals surface area contributed by atoms with Gasteiger partial charge in [0.05, 0.1) is 19.6 Å². The zero-order valence-corrected chi connectivity index (χ0v) is 13.2. The van der Waals surface area contributed by atoms with E-state index in [4.69, 9.17) is 9.47 Å². The molecule has 5 nitrogen and oxygen atoms in total. The number of hydrogen-bond acceptors (Lipinski definition) is 4. The molecule has 0 saturated carbocycles. The minimum absolute atomic E-state index is 0. The highest BCUT2D eigenvalue weighted by Crippen LogP contribution is 2.19. The summed E-state index contributed by atoms with van der Waals surface area (Å²) in [5.74, 6) is 1.71. The van der Waals surface area contributed by atoms with Crippen LogP contribution in [0.4, 0.5) is 0 Å². The van der Waals surface area contributed by atoms with Crippen molar-refractivity contribution >= 4 is 18.3 Å². The SMILES string of the molecule is COc1cccc(OC(C)CNC(=O)C2CCNC2)c1.Cl. The average molecular weight is 315 g/mol. The van der Waals surface area contributed by atoms with E-state index in [1.54, 1.807) is 7.11 Å². The maximum atomic E-state index is 11.9. The molecule has 1 aromatic rings. The molecule has 1 heterocycles. The van der Waals surface area contributed by atoms with Crippen molar-refractivity contribution in [2.24, 2.45) is 5.92 Å². The molecule has 0 aromatic heterocycles. The first-order valence-electron chi connectivity index (χ1n) is 6.98. The first kappa shape index (κ1) is 17.6. The lowest BCUT2D eigenvalue weighted by molar-refractivity contribution is -0.124. The molecular weight excluding hydrogens is 292 g/mol. The Morgan fingerprint density at radius 3 is 2.90 bits per heavy atom. The van der Waals surface area contributed by atoms with Crippen molar-refractivity contribution in [3.05, 3.63) is 24.3 Å². The second-order valence-corrected chi connectivity index (χ2v) is 5.04. The summed E-state index contributed by atoms with van der Waals surface area (Å²) < 4.78 is 10.9. The van der Waals surface area contributed by atoms with Crippen molar-refractivity contribution in [2.75, 3.05) is 26.7 Å². The van der Waals surface area contributed by atoms with Crippen LogP contribution < -0.4 is 20.1 Å². The molecule has 2 rings (SSSR count). The summed E-state index contributed by atoms with van der Waals surface area (Å²) in [5, 5.41) is 6.13. The van der Waals surface area contributed by atoms with Gasteiger partial charge in [0.2, 0.25) is 5.91 Å². The third kappa shape index (κ3) is 5.44. The lowest BCUT2D eigenvalue weighted by Gasteiger charge is -2.17. The molecule has 1 fully saturated rings. The van der Waals surface area contributed by atoms with Crippen LogP contribution in [-0.4, -0.2) is 38.8 Å². The number of carbonyl (C=O) groups excluding carboxylic acids is 1. The van der Waals surface area contributed by atoms with Gasteiger partial charge in [-0.1, -0.05) is 6.07 Å². The zero-order valence-electron chi connectivity index (χ0n) is 12.4. The highest BCUT2D eigenvalue weighted by molar-refractivity contribution is 5.85. The molecule has 1 aromatic carbocycles. The van der Waals surface area contributed by atoms with E-state index in [2.05, 4.69) is 10.6 Å². The van der Waals surface area contributed by atoms with Crippen LogP contribution in [0, 0.1) is 5.92 Å². The number of hydrogen-bond donors (Lipinski definition) is 2.